The number of ether oxygens (including phenoxy) is 2. The molecule has 0 fully saturated rings. The third-order valence-corrected chi connectivity index (χ3v) is 8.27. The van der Waals surface area contributed by atoms with Gasteiger partial charge in [-0.1, -0.05) is 41.6 Å². The van der Waals surface area contributed by atoms with Gasteiger partial charge in [-0.2, -0.15) is 4.31 Å². The van der Waals surface area contributed by atoms with E-state index in [0.717, 1.165) is 21.3 Å². The third-order valence-electron chi connectivity index (χ3n) is 6.09. The largest absolute Gasteiger partial charge is 0.481 e. The van der Waals surface area contributed by atoms with Gasteiger partial charge in [0, 0.05) is 19.3 Å². The van der Waals surface area contributed by atoms with Gasteiger partial charge in [-0.3, -0.25) is 9.59 Å². The molecule has 0 aliphatic carbocycles. The molecule has 0 saturated carbocycles. The van der Waals surface area contributed by atoms with Crippen LogP contribution in [0.25, 0.3) is 0 Å². The fourth-order valence-electron chi connectivity index (χ4n) is 4.14. The number of halogens is 2. The van der Waals surface area contributed by atoms with E-state index < -0.39 is 40.3 Å². The fraction of sp³-hybridized carbons (Fsp3) is 0.214. The second kappa shape index (κ2) is 12.5. The Hall–Kier alpha value is -3.95. The highest BCUT2D eigenvalue weighted by atomic mass is 35.5. The summed E-state index contributed by atoms with van der Waals surface area (Å²) in [7, 11) is -2.84. The van der Waals surface area contributed by atoms with Gasteiger partial charge in [0.25, 0.3) is 5.91 Å². The average Bonchev–Trinajstić information content (AvgIpc) is 3.11. The molecule has 9 nitrogen and oxygen atoms in total. The minimum Gasteiger partial charge on any atom is -0.481 e. The van der Waals surface area contributed by atoms with Crippen molar-refractivity contribution < 1.29 is 37.0 Å². The minimum absolute atomic E-state index is 0.0548. The standard InChI is InChI=1S/C28H24ClFN2O7S/c1-38-14-4-5-15-39-21-9-11-22(12-10-21)40(36,37)32-17-19-6-2-3-7-25(19)31(18-26(32)28(34)35)27(33)23-13-8-20(30)16-24(23)29/h2-3,6-13,16,26H,14-15,17-18H2,1H3,(H,34,35). The lowest BCUT2D eigenvalue weighted by Gasteiger charge is -2.28. The molecular weight excluding hydrogens is 563 g/mol. The molecule has 1 heterocycles. The van der Waals surface area contributed by atoms with E-state index in [0.29, 0.717) is 17.0 Å². The van der Waals surface area contributed by atoms with Crippen LogP contribution in [-0.4, -0.2) is 62.6 Å². The van der Waals surface area contributed by atoms with Gasteiger partial charge in [-0.05, 0) is 54.1 Å². The van der Waals surface area contributed by atoms with Gasteiger partial charge >= 0.3 is 5.97 Å². The van der Waals surface area contributed by atoms with Crippen LogP contribution in [-0.2, 0) is 26.1 Å². The van der Waals surface area contributed by atoms with Crippen molar-refractivity contribution in [1.29, 1.82) is 0 Å². The molecular formula is C28H24ClFN2O7S. The van der Waals surface area contributed by atoms with Gasteiger partial charge in [0.2, 0.25) is 10.0 Å². The second-order valence-corrected chi connectivity index (χ2v) is 10.9. The molecule has 1 amide bonds. The first-order chi connectivity index (χ1) is 19.1. The molecule has 3 aromatic rings. The van der Waals surface area contributed by atoms with Crippen LogP contribution in [0.5, 0.6) is 5.75 Å². The van der Waals surface area contributed by atoms with Crippen molar-refractivity contribution in [2.45, 2.75) is 17.5 Å². The Morgan fingerprint density at radius 2 is 1.77 bits per heavy atom. The molecule has 0 spiro atoms. The highest BCUT2D eigenvalue weighted by Crippen LogP contribution is 2.33. The number of carbonyl (C=O) groups excluding carboxylic acids is 1. The van der Waals surface area contributed by atoms with Gasteiger partial charge in [0.15, 0.2) is 0 Å². The molecule has 1 aliphatic rings. The Labute approximate surface area is 235 Å². The number of para-hydroxylation sites is 1. The summed E-state index contributed by atoms with van der Waals surface area (Å²) >= 11 is 6.13. The van der Waals surface area contributed by atoms with Crippen molar-refractivity contribution >= 4 is 39.2 Å². The number of amides is 1. The molecule has 1 unspecified atom stereocenters. The molecule has 208 valence electrons. The van der Waals surface area contributed by atoms with Crippen molar-refractivity contribution in [2.24, 2.45) is 0 Å². The van der Waals surface area contributed by atoms with Crippen molar-refractivity contribution in [1.82, 2.24) is 4.31 Å². The zero-order valence-corrected chi connectivity index (χ0v) is 22.8. The van der Waals surface area contributed by atoms with Gasteiger partial charge in [-0.15, -0.1) is 0 Å². The SMILES string of the molecule is COCC#CCOc1ccc(S(=O)(=O)N2Cc3ccccc3N(C(=O)c3ccc(F)cc3Cl)CC2C(=O)O)cc1. The molecule has 0 bridgehead atoms. The third kappa shape index (κ3) is 6.26. The summed E-state index contributed by atoms with van der Waals surface area (Å²) in [5, 5.41) is 9.97. The topological polar surface area (TPSA) is 113 Å². The number of carbonyl (C=O) groups is 2. The molecule has 1 N–H and O–H groups in total. The van der Waals surface area contributed by atoms with E-state index in [1.165, 1.54) is 37.4 Å². The number of anilines is 1. The molecule has 1 atom stereocenters. The first kappa shape index (κ1) is 29.0. The van der Waals surface area contributed by atoms with E-state index in [4.69, 9.17) is 21.1 Å². The molecule has 12 heteroatoms. The molecule has 0 aromatic heterocycles. The van der Waals surface area contributed by atoms with Crippen LogP contribution >= 0.6 is 11.6 Å². The van der Waals surface area contributed by atoms with E-state index in [1.54, 1.807) is 24.3 Å². The average molecular weight is 587 g/mol. The zero-order chi connectivity index (χ0) is 28.9. The number of sulfonamides is 1. The van der Waals surface area contributed by atoms with Crippen LogP contribution in [0.4, 0.5) is 10.1 Å². The summed E-state index contributed by atoms with van der Waals surface area (Å²) < 4.78 is 52.3. The molecule has 3 aromatic carbocycles. The van der Waals surface area contributed by atoms with Crippen LogP contribution in [0.2, 0.25) is 5.02 Å². The predicted molar refractivity (Wildman–Crippen MR) is 145 cm³/mol. The smallest absolute Gasteiger partial charge is 0.323 e. The van der Waals surface area contributed by atoms with E-state index in [-0.39, 0.29) is 35.2 Å². The first-order valence-corrected chi connectivity index (χ1v) is 13.7. The maximum atomic E-state index is 13.8. The minimum atomic E-state index is -4.36. The summed E-state index contributed by atoms with van der Waals surface area (Å²) in [6.07, 6.45) is 0. The summed E-state index contributed by atoms with van der Waals surface area (Å²) in [4.78, 5) is 27.0. The summed E-state index contributed by atoms with van der Waals surface area (Å²) in [5.41, 5.74) is 0.659. The Bertz CT molecular complexity index is 1590. The number of aliphatic carboxylic acids is 1. The van der Waals surface area contributed by atoms with Gasteiger partial charge < -0.3 is 19.5 Å². The van der Waals surface area contributed by atoms with Crippen LogP contribution in [0.3, 0.4) is 0 Å². The van der Waals surface area contributed by atoms with E-state index in [9.17, 15) is 27.5 Å². The van der Waals surface area contributed by atoms with Gasteiger partial charge in [-0.25, -0.2) is 12.8 Å². The Balaban J connectivity index is 1.68. The number of rotatable bonds is 7. The molecule has 1 aliphatic heterocycles. The molecule has 0 saturated heterocycles. The Morgan fingerprint density at radius 3 is 2.45 bits per heavy atom. The van der Waals surface area contributed by atoms with E-state index >= 15 is 0 Å². The fourth-order valence-corrected chi connectivity index (χ4v) is 5.94. The first-order valence-electron chi connectivity index (χ1n) is 11.9. The number of carboxylic acid groups (broad SMARTS) is 1. The van der Waals surface area contributed by atoms with Crippen LogP contribution in [0.15, 0.2) is 71.6 Å². The van der Waals surface area contributed by atoms with Crippen molar-refractivity contribution in [3.05, 3.63) is 88.7 Å². The highest BCUT2D eigenvalue weighted by Gasteiger charge is 2.42. The van der Waals surface area contributed by atoms with Crippen LogP contribution in [0, 0.1) is 17.7 Å². The van der Waals surface area contributed by atoms with E-state index in [2.05, 4.69) is 11.8 Å². The number of methoxy groups -OCH3 is 1. The number of hydrogen-bond acceptors (Lipinski definition) is 6. The monoisotopic (exact) mass is 586 g/mol. The second-order valence-electron chi connectivity index (χ2n) is 8.62. The number of nitrogens with zero attached hydrogens (tertiary/aromatic N) is 2. The van der Waals surface area contributed by atoms with E-state index in [1.807, 2.05) is 0 Å². The quantitative estimate of drug-likeness (QED) is 0.419. The maximum Gasteiger partial charge on any atom is 0.323 e. The van der Waals surface area contributed by atoms with Crippen molar-refractivity contribution in [2.75, 3.05) is 31.8 Å². The van der Waals surface area contributed by atoms with Gasteiger partial charge in [0.05, 0.1) is 22.0 Å². The van der Waals surface area contributed by atoms with Gasteiger partial charge in [0.1, 0.15) is 30.8 Å². The summed E-state index contributed by atoms with van der Waals surface area (Å²) in [6, 6.07) is 13.6. The number of carboxylic acids is 1. The lowest BCUT2D eigenvalue weighted by atomic mass is 10.1. The highest BCUT2D eigenvalue weighted by molar-refractivity contribution is 7.89. The van der Waals surface area contributed by atoms with Crippen LogP contribution < -0.4 is 9.64 Å². The lowest BCUT2D eigenvalue weighted by molar-refractivity contribution is -0.141. The summed E-state index contributed by atoms with van der Waals surface area (Å²) in [6.45, 7) is -0.505. The summed E-state index contributed by atoms with van der Waals surface area (Å²) in [5.74, 6) is 3.06. The predicted octanol–water partition coefficient (Wildman–Crippen LogP) is 3.81. The Morgan fingerprint density at radius 1 is 1.07 bits per heavy atom. The molecule has 4 rings (SSSR count). The normalized spacial score (nSPS) is 15.4. The number of fused-ring (bicyclic) bond motifs is 1. The lowest BCUT2D eigenvalue weighted by Crippen LogP contribution is -2.50. The number of benzene rings is 3. The van der Waals surface area contributed by atoms with Crippen molar-refractivity contribution in [3.8, 4) is 17.6 Å². The van der Waals surface area contributed by atoms with Crippen LogP contribution in [0.1, 0.15) is 15.9 Å². The maximum absolute atomic E-state index is 13.8. The van der Waals surface area contributed by atoms with Crippen molar-refractivity contribution in [3.63, 3.8) is 0 Å². The Kier molecular flexibility index (Phi) is 9.07. The molecule has 0 radical (unpaired) electrons. The number of hydrogen-bond donors (Lipinski definition) is 1. The zero-order valence-electron chi connectivity index (χ0n) is 21.2. The molecule has 40 heavy (non-hydrogen) atoms.